The van der Waals surface area contributed by atoms with E-state index < -0.39 is 0 Å². The molecule has 0 aliphatic carbocycles. The van der Waals surface area contributed by atoms with Crippen LogP contribution in [0, 0.1) is 5.82 Å². The van der Waals surface area contributed by atoms with Gasteiger partial charge in [0.15, 0.2) is 0 Å². The van der Waals surface area contributed by atoms with E-state index in [-0.39, 0.29) is 11.7 Å². The van der Waals surface area contributed by atoms with Crippen LogP contribution in [0.3, 0.4) is 0 Å². The Bertz CT molecular complexity index is 467. The Hall–Kier alpha value is -1.46. The third-order valence-electron chi connectivity index (χ3n) is 4.07. The second-order valence-electron chi connectivity index (χ2n) is 6.18. The largest absolute Gasteiger partial charge is 0.340 e. The number of nitrogens with zero attached hydrogens (tertiary/aromatic N) is 3. The van der Waals surface area contributed by atoms with E-state index in [0.29, 0.717) is 6.42 Å². The van der Waals surface area contributed by atoms with Gasteiger partial charge in [0.25, 0.3) is 0 Å². The third-order valence-corrected chi connectivity index (χ3v) is 4.07. The van der Waals surface area contributed by atoms with Gasteiger partial charge in [0, 0.05) is 26.2 Å². The van der Waals surface area contributed by atoms with Crippen LogP contribution in [0.2, 0.25) is 0 Å². The van der Waals surface area contributed by atoms with Crippen LogP contribution in [0.15, 0.2) is 24.3 Å². The fraction of sp³-hybridized carbons (Fsp3) is 0.588. The van der Waals surface area contributed by atoms with Crippen LogP contribution in [0.1, 0.15) is 12.0 Å². The molecule has 1 saturated heterocycles. The molecule has 0 spiro atoms. The van der Waals surface area contributed by atoms with Crippen LogP contribution < -0.4 is 0 Å². The molecule has 1 aromatic carbocycles. The standard InChI is InChI=1S/C17H26FN3O/c1-19(2)8-3-9-20-10-12-21(13-11-20)17(22)14-15-4-6-16(18)7-5-15/h4-7H,3,8-14H2,1-2H3. The lowest BCUT2D eigenvalue weighted by molar-refractivity contribution is -0.132. The normalized spacial score (nSPS) is 16.3. The number of carbonyl (C=O) groups excluding carboxylic acids is 1. The van der Waals surface area contributed by atoms with Gasteiger partial charge in [0.2, 0.25) is 5.91 Å². The lowest BCUT2D eigenvalue weighted by Gasteiger charge is -2.35. The first-order valence-electron chi connectivity index (χ1n) is 7.94. The highest BCUT2D eigenvalue weighted by Crippen LogP contribution is 2.08. The molecular formula is C17H26FN3O. The first kappa shape index (κ1) is 16.9. The Morgan fingerprint density at radius 3 is 2.36 bits per heavy atom. The van der Waals surface area contributed by atoms with Crippen LogP contribution in [0.5, 0.6) is 0 Å². The van der Waals surface area contributed by atoms with E-state index in [2.05, 4.69) is 23.9 Å². The van der Waals surface area contributed by atoms with Crippen molar-refractivity contribution < 1.29 is 9.18 Å². The minimum Gasteiger partial charge on any atom is -0.340 e. The van der Waals surface area contributed by atoms with E-state index in [1.54, 1.807) is 12.1 Å². The summed E-state index contributed by atoms with van der Waals surface area (Å²) in [7, 11) is 4.18. The van der Waals surface area contributed by atoms with Gasteiger partial charge in [-0.15, -0.1) is 0 Å². The summed E-state index contributed by atoms with van der Waals surface area (Å²) in [6, 6.07) is 6.19. The number of piperazine rings is 1. The van der Waals surface area contributed by atoms with Gasteiger partial charge in [-0.3, -0.25) is 9.69 Å². The van der Waals surface area contributed by atoms with Gasteiger partial charge in [-0.2, -0.15) is 0 Å². The molecule has 0 aromatic heterocycles. The monoisotopic (exact) mass is 307 g/mol. The van der Waals surface area contributed by atoms with Crippen LogP contribution >= 0.6 is 0 Å². The summed E-state index contributed by atoms with van der Waals surface area (Å²) in [5, 5.41) is 0. The zero-order valence-corrected chi connectivity index (χ0v) is 13.6. The highest BCUT2D eigenvalue weighted by Gasteiger charge is 2.20. The van der Waals surface area contributed by atoms with Gasteiger partial charge < -0.3 is 9.80 Å². The number of benzene rings is 1. The maximum Gasteiger partial charge on any atom is 0.227 e. The fourth-order valence-electron chi connectivity index (χ4n) is 2.72. The van der Waals surface area contributed by atoms with Crippen LogP contribution in [-0.2, 0) is 11.2 Å². The summed E-state index contributed by atoms with van der Waals surface area (Å²) >= 11 is 0. The van der Waals surface area contributed by atoms with E-state index in [1.807, 2.05) is 4.90 Å². The summed E-state index contributed by atoms with van der Waals surface area (Å²) in [4.78, 5) is 18.8. The van der Waals surface area contributed by atoms with Crippen molar-refractivity contribution >= 4 is 5.91 Å². The zero-order chi connectivity index (χ0) is 15.9. The minimum atomic E-state index is -0.262. The first-order chi connectivity index (χ1) is 10.5. The molecule has 1 aliphatic rings. The average Bonchev–Trinajstić information content (AvgIpc) is 2.50. The van der Waals surface area contributed by atoms with Gasteiger partial charge in [-0.25, -0.2) is 4.39 Å². The topological polar surface area (TPSA) is 26.8 Å². The number of rotatable bonds is 6. The van der Waals surface area contributed by atoms with E-state index in [0.717, 1.165) is 51.3 Å². The lowest BCUT2D eigenvalue weighted by atomic mass is 10.1. The molecule has 0 N–H and O–H groups in total. The molecule has 22 heavy (non-hydrogen) atoms. The van der Waals surface area contributed by atoms with E-state index in [9.17, 15) is 9.18 Å². The van der Waals surface area contributed by atoms with Crippen molar-refractivity contribution in [3.05, 3.63) is 35.6 Å². The molecule has 1 fully saturated rings. The van der Waals surface area contributed by atoms with Crippen LogP contribution in [0.25, 0.3) is 0 Å². The van der Waals surface area contributed by atoms with Crippen molar-refractivity contribution in [1.29, 1.82) is 0 Å². The van der Waals surface area contributed by atoms with Gasteiger partial charge in [0.05, 0.1) is 6.42 Å². The molecule has 2 rings (SSSR count). The number of amides is 1. The quantitative estimate of drug-likeness (QED) is 0.796. The SMILES string of the molecule is CN(C)CCCN1CCN(C(=O)Cc2ccc(F)cc2)CC1. The van der Waals surface area contributed by atoms with Crippen molar-refractivity contribution in [2.45, 2.75) is 12.8 Å². The van der Waals surface area contributed by atoms with Crippen molar-refractivity contribution in [1.82, 2.24) is 14.7 Å². The second kappa shape index (κ2) is 8.25. The molecule has 0 unspecified atom stereocenters. The van der Waals surface area contributed by atoms with E-state index in [4.69, 9.17) is 0 Å². The molecule has 1 aliphatic heterocycles. The maximum atomic E-state index is 12.9. The maximum absolute atomic E-state index is 12.9. The number of halogens is 1. The zero-order valence-electron chi connectivity index (χ0n) is 13.6. The molecule has 1 heterocycles. The molecule has 4 nitrogen and oxygen atoms in total. The molecule has 0 atom stereocenters. The second-order valence-corrected chi connectivity index (χ2v) is 6.18. The molecule has 5 heteroatoms. The Morgan fingerprint density at radius 1 is 1.14 bits per heavy atom. The van der Waals surface area contributed by atoms with Gasteiger partial charge in [-0.05, 0) is 51.3 Å². The van der Waals surface area contributed by atoms with E-state index >= 15 is 0 Å². The summed E-state index contributed by atoms with van der Waals surface area (Å²) in [5.74, 6) is -0.123. The first-order valence-corrected chi connectivity index (χ1v) is 7.94. The molecule has 1 aromatic rings. The fourth-order valence-corrected chi connectivity index (χ4v) is 2.72. The average molecular weight is 307 g/mol. The van der Waals surface area contributed by atoms with Crippen molar-refractivity contribution in [2.75, 3.05) is 53.4 Å². The number of hydrogen-bond acceptors (Lipinski definition) is 3. The Labute approximate surface area is 132 Å². The number of carbonyl (C=O) groups is 1. The Kier molecular flexibility index (Phi) is 6.34. The molecule has 122 valence electrons. The summed E-state index contributed by atoms with van der Waals surface area (Å²) in [5.41, 5.74) is 0.875. The summed E-state index contributed by atoms with van der Waals surface area (Å²) in [6.07, 6.45) is 1.53. The molecule has 1 amide bonds. The molecular weight excluding hydrogens is 281 g/mol. The Morgan fingerprint density at radius 2 is 1.77 bits per heavy atom. The van der Waals surface area contributed by atoms with Crippen molar-refractivity contribution in [3.63, 3.8) is 0 Å². The molecule has 0 radical (unpaired) electrons. The predicted octanol–water partition coefficient (Wildman–Crippen LogP) is 1.46. The van der Waals surface area contributed by atoms with E-state index in [1.165, 1.54) is 12.1 Å². The van der Waals surface area contributed by atoms with Crippen molar-refractivity contribution in [2.24, 2.45) is 0 Å². The summed E-state index contributed by atoms with van der Waals surface area (Å²) in [6.45, 7) is 5.68. The smallest absolute Gasteiger partial charge is 0.227 e. The number of hydrogen-bond donors (Lipinski definition) is 0. The summed E-state index contributed by atoms with van der Waals surface area (Å²) < 4.78 is 12.9. The van der Waals surface area contributed by atoms with Crippen molar-refractivity contribution in [3.8, 4) is 0 Å². The van der Waals surface area contributed by atoms with Gasteiger partial charge in [0.1, 0.15) is 5.82 Å². The Balaban J connectivity index is 1.71. The third kappa shape index (κ3) is 5.39. The van der Waals surface area contributed by atoms with Gasteiger partial charge >= 0.3 is 0 Å². The van der Waals surface area contributed by atoms with Crippen LogP contribution in [-0.4, -0.2) is 74.0 Å². The predicted molar refractivity (Wildman–Crippen MR) is 86.3 cm³/mol. The molecule has 0 saturated carbocycles. The molecule has 0 bridgehead atoms. The lowest BCUT2D eigenvalue weighted by Crippen LogP contribution is -2.49. The highest BCUT2D eigenvalue weighted by molar-refractivity contribution is 5.78. The van der Waals surface area contributed by atoms with Gasteiger partial charge in [-0.1, -0.05) is 12.1 Å². The highest BCUT2D eigenvalue weighted by atomic mass is 19.1. The minimum absolute atomic E-state index is 0.138. The van der Waals surface area contributed by atoms with Crippen LogP contribution in [0.4, 0.5) is 4.39 Å².